The van der Waals surface area contributed by atoms with Gasteiger partial charge in [0.25, 0.3) is 0 Å². The summed E-state index contributed by atoms with van der Waals surface area (Å²) in [5.41, 5.74) is 2.77. The Morgan fingerprint density at radius 1 is 1.08 bits per heavy atom. The number of aromatic nitrogens is 2. The highest BCUT2D eigenvalue weighted by molar-refractivity contribution is 5.41. The lowest BCUT2D eigenvalue weighted by Crippen LogP contribution is -2.31. The minimum Gasteiger partial charge on any atom is -0.363 e. The molecule has 26 heavy (non-hydrogen) atoms. The van der Waals surface area contributed by atoms with Gasteiger partial charge in [0.05, 0.1) is 0 Å². The second-order valence-corrected chi connectivity index (χ2v) is 7.55. The maximum atomic E-state index is 4.57. The van der Waals surface area contributed by atoms with Crippen molar-refractivity contribution in [1.82, 2.24) is 15.3 Å². The van der Waals surface area contributed by atoms with Crippen molar-refractivity contribution in [3.8, 4) is 0 Å². The zero-order valence-corrected chi connectivity index (χ0v) is 16.2. The third kappa shape index (κ3) is 5.18. The number of nitrogens with one attached hydrogen (secondary N) is 2. The molecule has 0 saturated heterocycles. The lowest BCUT2D eigenvalue weighted by molar-refractivity contribution is 0.323. The highest BCUT2D eigenvalue weighted by Crippen LogP contribution is 2.26. The van der Waals surface area contributed by atoms with Crippen molar-refractivity contribution < 1.29 is 0 Å². The molecule has 1 fully saturated rings. The van der Waals surface area contributed by atoms with Crippen LogP contribution in [0.25, 0.3) is 0 Å². The Morgan fingerprint density at radius 3 is 2.58 bits per heavy atom. The van der Waals surface area contributed by atoms with Gasteiger partial charge in [0.1, 0.15) is 5.82 Å². The van der Waals surface area contributed by atoms with Crippen molar-refractivity contribution in [1.29, 1.82) is 0 Å². The first-order valence-corrected chi connectivity index (χ1v) is 9.64. The molecule has 0 aliphatic heterocycles. The number of benzene rings is 1. The first-order valence-electron chi connectivity index (χ1n) is 9.64. The molecule has 0 radical (unpaired) electrons. The van der Waals surface area contributed by atoms with E-state index in [2.05, 4.69) is 51.8 Å². The molecule has 5 nitrogen and oxygen atoms in total. The number of hydrogen-bond acceptors (Lipinski definition) is 5. The highest BCUT2D eigenvalue weighted by Gasteiger charge is 2.21. The molecule has 1 aliphatic rings. The summed E-state index contributed by atoms with van der Waals surface area (Å²) in [4.78, 5) is 10.9. The van der Waals surface area contributed by atoms with Crippen LogP contribution in [0.4, 0.5) is 11.8 Å². The van der Waals surface area contributed by atoms with Crippen molar-refractivity contribution in [3.63, 3.8) is 0 Å². The van der Waals surface area contributed by atoms with E-state index in [0.717, 1.165) is 30.8 Å². The summed E-state index contributed by atoms with van der Waals surface area (Å²) in [7, 11) is 4.00. The van der Waals surface area contributed by atoms with E-state index in [0.29, 0.717) is 6.04 Å². The molecule has 1 aromatic carbocycles. The molecule has 0 unspecified atom stereocenters. The Balaban J connectivity index is 1.40. The van der Waals surface area contributed by atoms with E-state index in [1.54, 1.807) is 0 Å². The van der Waals surface area contributed by atoms with Crippen LogP contribution in [0.2, 0.25) is 0 Å². The first kappa shape index (κ1) is 18.6. The maximum absolute atomic E-state index is 4.57. The van der Waals surface area contributed by atoms with Gasteiger partial charge in [0, 0.05) is 32.9 Å². The van der Waals surface area contributed by atoms with Crippen molar-refractivity contribution >= 4 is 11.8 Å². The van der Waals surface area contributed by atoms with Gasteiger partial charge in [-0.2, -0.15) is 4.98 Å². The largest absolute Gasteiger partial charge is 0.363 e. The van der Waals surface area contributed by atoms with Gasteiger partial charge in [0.15, 0.2) is 0 Å². The smallest absolute Gasteiger partial charge is 0.224 e. The summed E-state index contributed by atoms with van der Waals surface area (Å²) < 4.78 is 0. The lowest BCUT2D eigenvalue weighted by Gasteiger charge is -2.29. The minimum atomic E-state index is 0.486. The van der Waals surface area contributed by atoms with E-state index in [1.165, 1.54) is 36.8 Å². The zero-order chi connectivity index (χ0) is 18.4. The normalized spacial score (nSPS) is 20.0. The van der Waals surface area contributed by atoms with Crippen LogP contribution < -0.4 is 15.5 Å². The summed E-state index contributed by atoms with van der Waals surface area (Å²) in [5.74, 6) is 2.46. The molecule has 1 heterocycles. The average Bonchev–Trinajstić information content (AvgIpc) is 2.65. The van der Waals surface area contributed by atoms with Crippen LogP contribution in [0, 0.1) is 12.8 Å². The molecule has 1 aromatic heterocycles. The van der Waals surface area contributed by atoms with E-state index in [4.69, 9.17) is 0 Å². The lowest BCUT2D eigenvalue weighted by atomic mass is 9.86. The summed E-state index contributed by atoms with van der Waals surface area (Å²) in [6.45, 7) is 4.25. The fourth-order valence-electron chi connectivity index (χ4n) is 3.58. The summed E-state index contributed by atoms with van der Waals surface area (Å²) in [6, 6.07) is 11.0. The third-order valence-electron chi connectivity index (χ3n) is 5.29. The van der Waals surface area contributed by atoms with Gasteiger partial charge < -0.3 is 15.5 Å². The summed E-state index contributed by atoms with van der Waals surface area (Å²) >= 11 is 0. The predicted molar refractivity (Wildman–Crippen MR) is 109 cm³/mol. The van der Waals surface area contributed by atoms with Gasteiger partial charge in [-0.3, -0.25) is 0 Å². The molecule has 2 aromatic rings. The Bertz CT molecular complexity index is 692. The van der Waals surface area contributed by atoms with Gasteiger partial charge in [-0.15, -0.1) is 0 Å². The van der Waals surface area contributed by atoms with Gasteiger partial charge in [-0.25, -0.2) is 4.98 Å². The van der Waals surface area contributed by atoms with E-state index >= 15 is 0 Å². The summed E-state index contributed by atoms with van der Waals surface area (Å²) in [5, 5.41) is 7.16. The van der Waals surface area contributed by atoms with Crippen LogP contribution in [0.3, 0.4) is 0 Å². The van der Waals surface area contributed by atoms with Crippen LogP contribution >= 0.6 is 0 Å². The second-order valence-electron chi connectivity index (χ2n) is 7.55. The molecule has 140 valence electrons. The number of anilines is 2. The van der Waals surface area contributed by atoms with Crippen LogP contribution in [-0.4, -0.2) is 36.6 Å². The number of rotatable bonds is 7. The zero-order valence-electron chi connectivity index (χ0n) is 16.2. The van der Waals surface area contributed by atoms with Crippen molar-refractivity contribution in [3.05, 3.63) is 47.7 Å². The van der Waals surface area contributed by atoms with Gasteiger partial charge in [0.2, 0.25) is 5.95 Å². The van der Waals surface area contributed by atoms with Gasteiger partial charge >= 0.3 is 0 Å². The maximum Gasteiger partial charge on any atom is 0.224 e. The van der Waals surface area contributed by atoms with Crippen LogP contribution in [0.1, 0.15) is 36.8 Å². The molecule has 0 atom stereocenters. The summed E-state index contributed by atoms with van der Waals surface area (Å²) in [6.07, 6.45) is 6.71. The molecule has 0 amide bonds. The van der Waals surface area contributed by atoms with E-state index in [1.807, 2.05) is 31.3 Å². The fraction of sp³-hybridized carbons (Fsp3) is 0.524. The standard InChI is InChI=1S/C21H31N5/c1-16-6-4-5-7-18(16)15-22-14-17-8-10-19(11-9-17)24-21-23-13-12-20(25-21)26(2)3/h4-7,12-13,17,19,22H,8-11,14-15H2,1-3H3,(H,23,24,25)/t17-,19+. The van der Waals surface area contributed by atoms with E-state index in [9.17, 15) is 0 Å². The van der Waals surface area contributed by atoms with Crippen LogP contribution in [0.15, 0.2) is 36.5 Å². The molecular formula is C21H31N5. The highest BCUT2D eigenvalue weighted by atomic mass is 15.2. The Labute approximate surface area is 157 Å². The topological polar surface area (TPSA) is 53.1 Å². The van der Waals surface area contributed by atoms with E-state index < -0.39 is 0 Å². The van der Waals surface area contributed by atoms with Gasteiger partial charge in [-0.05, 0) is 62.3 Å². The van der Waals surface area contributed by atoms with Crippen molar-refractivity contribution in [2.75, 3.05) is 30.9 Å². The average molecular weight is 354 g/mol. The van der Waals surface area contributed by atoms with Crippen LogP contribution in [-0.2, 0) is 6.54 Å². The van der Waals surface area contributed by atoms with Gasteiger partial charge in [-0.1, -0.05) is 24.3 Å². The predicted octanol–water partition coefficient (Wildman–Crippen LogP) is 3.61. The molecule has 3 rings (SSSR count). The fourth-order valence-corrected chi connectivity index (χ4v) is 3.58. The SMILES string of the molecule is Cc1ccccc1CNC[C@H]1CC[C@@H](Nc2nccc(N(C)C)n2)CC1. The first-order chi connectivity index (χ1) is 12.6. The molecule has 2 N–H and O–H groups in total. The molecule has 0 bridgehead atoms. The Kier molecular flexibility index (Phi) is 6.45. The van der Waals surface area contributed by atoms with Crippen molar-refractivity contribution in [2.24, 2.45) is 5.92 Å². The Hall–Kier alpha value is -2.14. The second kappa shape index (κ2) is 8.99. The van der Waals surface area contributed by atoms with Crippen LogP contribution in [0.5, 0.6) is 0 Å². The molecule has 0 spiro atoms. The molecule has 1 aliphatic carbocycles. The molecular weight excluding hydrogens is 322 g/mol. The third-order valence-corrected chi connectivity index (χ3v) is 5.29. The minimum absolute atomic E-state index is 0.486. The number of aryl methyl sites for hydroxylation is 1. The van der Waals surface area contributed by atoms with Crippen molar-refractivity contribution in [2.45, 2.75) is 45.2 Å². The van der Waals surface area contributed by atoms with E-state index in [-0.39, 0.29) is 0 Å². The number of nitrogens with zero attached hydrogens (tertiary/aromatic N) is 3. The molecule has 1 saturated carbocycles. The molecule has 5 heteroatoms. The Morgan fingerprint density at radius 2 is 1.85 bits per heavy atom. The quantitative estimate of drug-likeness (QED) is 0.796. The monoisotopic (exact) mass is 353 g/mol. The number of hydrogen-bond donors (Lipinski definition) is 2.